The van der Waals surface area contributed by atoms with E-state index in [0.717, 1.165) is 6.16 Å². The summed E-state index contributed by atoms with van der Waals surface area (Å²) in [5.74, 6) is 0. The van der Waals surface area contributed by atoms with E-state index >= 15 is 0 Å². The number of hydrogen-bond acceptors (Lipinski definition) is 2. The molecule has 3 heteroatoms. The maximum absolute atomic E-state index is 9.80. The summed E-state index contributed by atoms with van der Waals surface area (Å²) < 4.78 is 0. The number of unbranched alkanes of at least 4 members (excludes halogenated alkanes) is 2. The number of hydrogen-bond donors (Lipinski definition) is 2. The van der Waals surface area contributed by atoms with Gasteiger partial charge in [0.25, 0.3) is 0 Å². The van der Waals surface area contributed by atoms with Gasteiger partial charge in [-0.2, -0.15) is 0 Å². The molecule has 1 unspecified atom stereocenters. The molecule has 0 aliphatic carbocycles. The largest absolute Gasteiger partial charge is 0.394 e. The minimum atomic E-state index is -1.01. The van der Waals surface area contributed by atoms with E-state index in [9.17, 15) is 5.11 Å². The number of rotatable bonds is 11. The highest BCUT2D eigenvalue weighted by Gasteiger charge is 2.37. The summed E-state index contributed by atoms with van der Waals surface area (Å²) in [6.45, 7) is 6.66. The fourth-order valence-electron chi connectivity index (χ4n) is 2.58. The van der Waals surface area contributed by atoms with Crippen LogP contribution < -0.4 is 0 Å². The van der Waals surface area contributed by atoms with Crippen molar-refractivity contribution in [1.29, 1.82) is 0 Å². The molecule has 17 heavy (non-hydrogen) atoms. The highest BCUT2D eigenvalue weighted by Crippen LogP contribution is 2.60. The zero-order valence-corrected chi connectivity index (χ0v) is 12.9. The molecule has 0 aromatic carbocycles. The maximum atomic E-state index is 9.80. The average Bonchev–Trinajstić information content (AvgIpc) is 2.34. The van der Waals surface area contributed by atoms with Crippen LogP contribution in [0.15, 0.2) is 0 Å². The van der Waals surface area contributed by atoms with Gasteiger partial charge in [-0.15, -0.1) is 0 Å². The third-order valence-corrected chi connectivity index (χ3v) is 8.60. The first-order valence-electron chi connectivity index (χ1n) is 7.28. The van der Waals surface area contributed by atoms with Crippen LogP contribution >= 0.6 is 7.26 Å². The van der Waals surface area contributed by atoms with Crippen molar-refractivity contribution in [2.24, 2.45) is 0 Å². The second kappa shape index (κ2) is 10.3. The van der Waals surface area contributed by atoms with Crippen LogP contribution in [0, 0.1) is 0 Å². The van der Waals surface area contributed by atoms with Crippen LogP contribution in [-0.2, 0) is 0 Å². The quantitative estimate of drug-likeness (QED) is 0.561. The molecule has 104 valence electrons. The fourth-order valence-corrected chi connectivity index (χ4v) is 7.73. The highest BCUT2D eigenvalue weighted by molar-refractivity contribution is 7.75. The Hall–Kier alpha value is 0.350. The zero-order valence-electron chi connectivity index (χ0n) is 12.0. The summed E-state index contributed by atoms with van der Waals surface area (Å²) in [5, 5.41) is 18.9. The van der Waals surface area contributed by atoms with E-state index in [1.54, 1.807) is 0 Å². The molecule has 1 atom stereocenters. The third-order valence-electron chi connectivity index (χ3n) is 3.48. The van der Waals surface area contributed by atoms with Crippen LogP contribution in [-0.4, -0.2) is 47.6 Å². The van der Waals surface area contributed by atoms with Crippen molar-refractivity contribution < 1.29 is 10.2 Å². The van der Waals surface area contributed by atoms with Crippen molar-refractivity contribution in [3.63, 3.8) is 0 Å². The van der Waals surface area contributed by atoms with Gasteiger partial charge in [0.15, 0.2) is 0 Å². The maximum Gasteiger partial charge on any atom is 0.110 e. The molecule has 0 spiro atoms. The lowest BCUT2D eigenvalue weighted by Gasteiger charge is -2.29. The first kappa shape index (κ1) is 17.4. The first-order chi connectivity index (χ1) is 8.14. The van der Waals surface area contributed by atoms with Gasteiger partial charge in [-0.25, -0.2) is 0 Å². The molecular formula is C14H32O2P+. The van der Waals surface area contributed by atoms with Crippen LogP contribution in [0.2, 0.25) is 0 Å². The standard InChI is InChI=1S/C14H32O2P/c1-4-7-10-17(9-6-3,11-8-5-2)13-14(16)12-15/h14-16H,4-13H2,1-3H3/q+1. The molecule has 0 aromatic heterocycles. The normalized spacial score (nSPS) is 13.9. The van der Waals surface area contributed by atoms with E-state index < -0.39 is 13.4 Å². The van der Waals surface area contributed by atoms with Crippen molar-refractivity contribution in [2.75, 3.05) is 31.3 Å². The number of aliphatic hydroxyl groups is 2. The summed E-state index contributed by atoms with van der Waals surface area (Å²) in [6.07, 6.45) is 10.6. The van der Waals surface area contributed by atoms with Crippen molar-refractivity contribution in [1.82, 2.24) is 0 Å². The monoisotopic (exact) mass is 263 g/mol. The Morgan fingerprint density at radius 1 is 0.882 bits per heavy atom. The topological polar surface area (TPSA) is 40.5 Å². The first-order valence-corrected chi connectivity index (χ1v) is 9.81. The van der Waals surface area contributed by atoms with E-state index in [2.05, 4.69) is 20.8 Å². The lowest BCUT2D eigenvalue weighted by molar-refractivity contribution is 0.112. The van der Waals surface area contributed by atoms with Crippen LogP contribution in [0.4, 0.5) is 0 Å². The Morgan fingerprint density at radius 2 is 1.41 bits per heavy atom. The minimum Gasteiger partial charge on any atom is -0.394 e. The van der Waals surface area contributed by atoms with Gasteiger partial charge in [0.1, 0.15) is 6.10 Å². The second-order valence-electron chi connectivity index (χ2n) is 5.24. The van der Waals surface area contributed by atoms with Crippen LogP contribution in [0.1, 0.15) is 52.9 Å². The molecule has 0 heterocycles. The lowest BCUT2D eigenvalue weighted by Crippen LogP contribution is -2.24. The van der Waals surface area contributed by atoms with E-state index in [1.165, 1.54) is 50.6 Å². The molecule has 2 N–H and O–H groups in total. The van der Waals surface area contributed by atoms with Gasteiger partial charge in [-0.1, -0.05) is 33.6 Å². The third kappa shape index (κ3) is 7.39. The summed E-state index contributed by atoms with van der Waals surface area (Å²) in [4.78, 5) is 0. The van der Waals surface area contributed by atoms with Crippen LogP contribution in [0.3, 0.4) is 0 Å². The minimum absolute atomic E-state index is 0.0658. The molecule has 0 aliphatic heterocycles. The summed E-state index contributed by atoms with van der Waals surface area (Å²) in [6, 6.07) is 0. The van der Waals surface area contributed by atoms with Gasteiger partial charge in [-0.05, 0) is 19.3 Å². The summed E-state index contributed by atoms with van der Waals surface area (Å²) >= 11 is 0. The second-order valence-corrected chi connectivity index (χ2v) is 9.63. The molecule has 0 aromatic rings. The molecule has 0 amide bonds. The Balaban J connectivity index is 4.54. The fraction of sp³-hybridized carbons (Fsp3) is 1.00. The molecule has 0 aliphatic rings. The van der Waals surface area contributed by atoms with Crippen LogP contribution in [0.5, 0.6) is 0 Å². The van der Waals surface area contributed by atoms with Crippen LogP contribution in [0.25, 0.3) is 0 Å². The Labute approximate surface area is 108 Å². The summed E-state index contributed by atoms with van der Waals surface area (Å²) in [5.41, 5.74) is 0. The predicted octanol–water partition coefficient (Wildman–Crippen LogP) is 3.37. The summed E-state index contributed by atoms with van der Waals surface area (Å²) in [7, 11) is -1.01. The van der Waals surface area contributed by atoms with E-state index in [1.807, 2.05) is 0 Å². The molecule has 0 fully saturated rings. The van der Waals surface area contributed by atoms with Crippen molar-refractivity contribution in [3.05, 3.63) is 0 Å². The highest BCUT2D eigenvalue weighted by atomic mass is 31.2. The Kier molecular flexibility index (Phi) is 10.5. The number of aliphatic hydroxyl groups excluding tert-OH is 2. The van der Waals surface area contributed by atoms with E-state index in [-0.39, 0.29) is 6.61 Å². The molecule has 0 saturated carbocycles. The predicted molar refractivity (Wildman–Crippen MR) is 79.6 cm³/mol. The molecule has 0 radical (unpaired) electrons. The van der Waals surface area contributed by atoms with Crippen molar-refractivity contribution in [3.8, 4) is 0 Å². The Morgan fingerprint density at radius 3 is 1.76 bits per heavy atom. The molecule has 0 bridgehead atoms. The van der Waals surface area contributed by atoms with Gasteiger partial charge in [-0.3, -0.25) is 0 Å². The molecule has 0 saturated heterocycles. The average molecular weight is 263 g/mol. The van der Waals surface area contributed by atoms with Gasteiger partial charge in [0, 0.05) is 7.26 Å². The van der Waals surface area contributed by atoms with Crippen molar-refractivity contribution >= 4 is 7.26 Å². The lowest BCUT2D eigenvalue weighted by atomic mass is 10.4. The van der Waals surface area contributed by atoms with Gasteiger partial charge in [0.2, 0.25) is 0 Å². The molecule has 2 nitrogen and oxygen atoms in total. The SMILES string of the molecule is CCCC[P+](CCC)(CCCC)CC(O)CO. The van der Waals surface area contributed by atoms with E-state index in [0.29, 0.717) is 0 Å². The van der Waals surface area contributed by atoms with Gasteiger partial charge in [0.05, 0.1) is 31.3 Å². The van der Waals surface area contributed by atoms with Crippen molar-refractivity contribution in [2.45, 2.75) is 59.0 Å². The zero-order chi connectivity index (χ0) is 13.1. The Bertz CT molecular complexity index is 166. The van der Waals surface area contributed by atoms with Gasteiger partial charge >= 0.3 is 0 Å². The molecule has 0 rings (SSSR count). The smallest absolute Gasteiger partial charge is 0.110 e. The molecular weight excluding hydrogens is 231 g/mol. The van der Waals surface area contributed by atoms with Gasteiger partial charge < -0.3 is 10.2 Å². The van der Waals surface area contributed by atoms with E-state index in [4.69, 9.17) is 5.11 Å².